The van der Waals surface area contributed by atoms with Gasteiger partial charge in [0.15, 0.2) is 0 Å². The van der Waals surface area contributed by atoms with Gasteiger partial charge < -0.3 is 5.32 Å². The van der Waals surface area contributed by atoms with Gasteiger partial charge in [-0.2, -0.15) is 13.2 Å². The number of benzene rings is 1. The van der Waals surface area contributed by atoms with E-state index in [0.29, 0.717) is 6.07 Å². The summed E-state index contributed by atoms with van der Waals surface area (Å²) in [6.07, 6.45) is -4.79. The molecule has 4 nitrogen and oxygen atoms in total. The molecule has 1 N–H and O–H groups in total. The van der Waals surface area contributed by atoms with Crippen molar-refractivity contribution in [2.45, 2.75) is 6.18 Å². The Morgan fingerprint density at radius 2 is 2.11 bits per heavy atom. The monoisotopic (exact) mass is 280 g/mol. The van der Waals surface area contributed by atoms with Crippen molar-refractivity contribution in [3.05, 3.63) is 45.5 Å². The lowest BCUT2D eigenvalue weighted by molar-refractivity contribution is -0.388. The van der Waals surface area contributed by atoms with Crippen molar-refractivity contribution in [1.82, 2.24) is 0 Å². The average Bonchev–Trinajstić information content (AvgIpc) is 2.24. The highest BCUT2D eigenvalue weighted by Gasteiger charge is 2.38. The molecule has 0 heterocycles. The molecule has 0 radical (unpaired) electrons. The molecule has 8 heteroatoms. The van der Waals surface area contributed by atoms with Crippen LogP contribution < -0.4 is 5.32 Å². The largest absolute Gasteiger partial charge is 0.423 e. The maximum absolute atomic E-state index is 12.6. The molecule has 0 amide bonds. The van der Waals surface area contributed by atoms with Crippen LogP contribution in [0.15, 0.2) is 29.8 Å². The fourth-order valence-corrected chi connectivity index (χ4v) is 1.30. The van der Waals surface area contributed by atoms with E-state index in [9.17, 15) is 23.3 Å². The second-order valence-corrected chi connectivity index (χ2v) is 3.89. The van der Waals surface area contributed by atoms with Gasteiger partial charge in [0.05, 0.1) is 11.5 Å². The van der Waals surface area contributed by atoms with Crippen molar-refractivity contribution in [2.24, 2.45) is 0 Å². The average molecular weight is 281 g/mol. The van der Waals surface area contributed by atoms with Gasteiger partial charge in [0.25, 0.3) is 5.69 Å². The van der Waals surface area contributed by atoms with E-state index in [-0.39, 0.29) is 17.3 Å². The van der Waals surface area contributed by atoms with E-state index >= 15 is 0 Å². The number of halogens is 4. The molecule has 0 atom stereocenters. The van der Waals surface area contributed by atoms with Crippen molar-refractivity contribution in [2.75, 3.05) is 11.9 Å². The summed E-state index contributed by atoms with van der Waals surface area (Å²) >= 11 is 5.45. The van der Waals surface area contributed by atoms with Crippen LogP contribution in [0.4, 0.5) is 24.5 Å². The maximum atomic E-state index is 12.6. The highest BCUT2D eigenvalue weighted by atomic mass is 35.5. The third-order valence-corrected chi connectivity index (χ3v) is 2.12. The zero-order valence-electron chi connectivity index (χ0n) is 8.92. The van der Waals surface area contributed by atoms with E-state index in [2.05, 4.69) is 11.9 Å². The third-order valence-electron chi connectivity index (χ3n) is 1.98. The van der Waals surface area contributed by atoms with Gasteiger partial charge in [-0.3, -0.25) is 10.1 Å². The van der Waals surface area contributed by atoms with E-state index in [1.165, 1.54) is 6.07 Å². The number of nitro benzene ring substituents is 1. The lowest BCUT2D eigenvalue weighted by Crippen LogP contribution is -2.10. The maximum Gasteiger partial charge on any atom is 0.423 e. The summed E-state index contributed by atoms with van der Waals surface area (Å²) < 4.78 is 37.8. The molecule has 1 aromatic carbocycles. The lowest BCUT2D eigenvalue weighted by atomic mass is 10.1. The molecule has 98 valence electrons. The van der Waals surface area contributed by atoms with Gasteiger partial charge in [-0.25, -0.2) is 0 Å². The first-order valence-electron chi connectivity index (χ1n) is 4.64. The lowest BCUT2D eigenvalue weighted by Gasteiger charge is -2.10. The molecule has 0 unspecified atom stereocenters. The molecule has 0 saturated heterocycles. The summed E-state index contributed by atoms with van der Waals surface area (Å²) in [5.74, 6) is 0. The first-order valence-corrected chi connectivity index (χ1v) is 5.02. The fourth-order valence-electron chi connectivity index (χ4n) is 1.23. The molecule has 18 heavy (non-hydrogen) atoms. The first kappa shape index (κ1) is 14.3. The predicted molar refractivity (Wildman–Crippen MR) is 61.6 cm³/mol. The van der Waals surface area contributed by atoms with E-state index in [1.54, 1.807) is 0 Å². The molecule has 0 aromatic heterocycles. The van der Waals surface area contributed by atoms with Crippen LogP contribution >= 0.6 is 11.6 Å². The van der Waals surface area contributed by atoms with Crippen LogP contribution in [0.25, 0.3) is 0 Å². The summed E-state index contributed by atoms with van der Waals surface area (Å²) in [5.41, 5.74) is -2.22. The Labute approximate surface area is 105 Å². The summed E-state index contributed by atoms with van der Waals surface area (Å²) in [7, 11) is 0. The van der Waals surface area contributed by atoms with Crippen LogP contribution in [0.1, 0.15) is 5.56 Å². The number of nitrogens with zero attached hydrogens (tertiary/aromatic N) is 1. The van der Waals surface area contributed by atoms with Gasteiger partial charge in [0, 0.05) is 16.8 Å². The Bertz CT molecular complexity index is 489. The summed E-state index contributed by atoms with van der Waals surface area (Å²) in [5, 5.41) is 13.3. The summed E-state index contributed by atoms with van der Waals surface area (Å²) in [4.78, 5) is 9.42. The van der Waals surface area contributed by atoms with E-state index < -0.39 is 22.4 Å². The second kappa shape index (κ2) is 5.26. The Morgan fingerprint density at radius 1 is 1.50 bits per heavy atom. The highest BCUT2D eigenvalue weighted by molar-refractivity contribution is 6.29. The number of hydrogen-bond acceptors (Lipinski definition) is 3. The minimum Gasteiger partial charge on any atom is -0.380 e. The molecular formula is C10H8ClF3N2O2. The molecule has 0 bridgehead atoms. The molecule has 0 aliphatic heterocycles. The highest BCUT2D eigenvalue weighted by Crippen LogP contribution is 2.37. The van der Waals surface area contributed by atoms with Gasteiger partial charge in [-0.05, 0) is 12.1 Å². The minimum absolute atomic E-state index is 0.0661. The molecular weight excluding hydrogens is 273 g/mol. The topological polar surface area (TPSA) is 55.2 Å². The molecule has 0 fully saturated rings. The number of alkyl halides is 3. The zero-order chi connectivity index (χ0) is 13.9. The smallest absolute Gasteiger partial charge is 0.380 e. The number of rotatable bonds is 4. The molecule has 0 spiro atoms. The Balaban J connectivity index is 3.14. The minimum atomic E-state index is -4.79. The van der Waals surface area contributed by atoms with Gasteiger partial charge in [-0.15, -0.1) is 0 Å². The third kappa shape index (κ3) is 3.63. The van der Waals surface area contributed by atoms with Gasteiger partial charge in [0.2, 0.25) is 0 Å². The van der Waals surface area contributed by atoms with Crippen molar-refractivity contribution in [3.63, 3.8) is 0 Å². The zero-order valence-corrected chi connectivity index (χ0v) is 9.68. The standard InChI is InChI=1S/C10H8ClF3N2O2/c1-6(11)5-15-7-2-3-9(16(17)18)8(4-7)10(12,13)14/h2-4,15H,1,5H2. The molecule has 1 aromatic rings. The van der Waals surface area contributed by atoms with E-state index in [0.717, 1.165) is 6.07 Å². The van der Waals surface area contributed by atoms with Gasteiger partial charge >= 0.3 is 6.18 Å². The molecule has 0 saturated carbocycles. The molecule has 0 aliphatic rings. The van der Waals surface area contributed by atoms with Crippen molar-refractivity contribution in [3.8, 4) is 0 Å². The van der Waals surface area contributed by atoms with Crippen molar-refractivity contribution < 1.29 is 18.1 Å². The van der Waals surface area contributed by atoms with Crippen LogP contribution in [0.2, 0.25) is 0 Å². The quantitative estimate of drug-likeness (QED) is 0.674. The van der Waals surface area contributed by atoms with Crippen molar-refractivity contribution in [1.29, 1.82) is 0 Å². The van der Waals surface area contributed by atoms with Gasteiger partial charge in [-0.1, -0.05) is 18.2 Å². The van der Waals surface area contributed by atoms with Crippen LogP contribution in [0, 0.1) is 10.1 Å². The van der Waals surface area contributed by atoms with Crippen LogP contribution in [0.3, 0.4) is 0 Å². The summed E-state index contributed by atoms with van der Waals surface area (Å²) in [6, 6.07) is 2.63. The number of hydrogen-bond donors (Lipinski definition) is 1. The number of nitrogens with one attached hydrogen (secondary N) is 1. The van der Waals surface area contributed by atoms with Crippen LogP contribution in [0.5, 0.6) is 0 Å². The number of anilines is 1. The van der Waals surface area contributed by atoms with E-state index in [4.69, 9.17) is 11.6 Å². The Hall–Kier alpha value is -1.76. The second-order valence-electron chi connectivity index (χ2n) is 3.36. The van der Waals surface area contributed by atoms with Crippen molar-refractivity contribution >= 4 is 23.0 Å². The predicted octanol–water partition coefficient (Wildman–Crippen LogP) is 3.78. The Morgan fingerprint density at radius 3 is 2.56 bits per heavy atom. The molecule has 0 aliphatic carbocycles. The summed E-state index contributed by atoms with van der Waals surface area (Å²) in [6.45, 7) is 3.43. The number of nitro groups is 1. The SMILES string of the molecule is C=C(Cl)CNc1ccc([N+](=O)[O-])c(C(F)(F)F)c1. The normalized spacial score (nSPS) is 11.1. The van der Waals surface area contributed by atoms with Crippen LogP contribution in [-0.2, 0) is 6.18 Å². The van der Waals surface area contributed by atoms with Gasteiger partial charge in [0.1, 0.15) is 5.56 Å². The van der Waals surface area contributed by atoms with E-state index in [1.807, 2.05) is 0 Å². The van der Waals surface area contributed by atoms with Crippen LogP contribution in [-0.4, -0.2) is 11.5 Å². The fraction of sp³-hybridized carbons (Fsp3) is 0.200. The Kier molecular flexibility index (Phi) is 4.18. The molecule has 1 rings (SSSR count). The first-order chi connectivity index (χ1) is 8.21.